The summed E-state index contributed by atoms with van der Waals surface area (Å²) in [6.07, 6.45) is 0. The quantitative estimate of drug-likeness (QED) is 0.642. The fourth-order valence-electron chi connectivity index (χ4n) is 2.62. The minimum atomic E-state index is -0.527. The van der Waals surface area contributed by atoms with E-state index >= 15 is 0 Å². The van der Waals surface area contributed by atoms with Gasteiger partial charge in [0.25, 0.3) is 0 Å². The molecule has 0 aliphatic heterocycles. The van der Waals surface area contributed by atoms with Crippen molar-refractivity contribution < 1.29 is 9.90 Å². The van der Waals surface area contributed by atoms with E-state index in [1.807, 2.05) is 72.8 Å². The van der Waals surface area contributed by atoms with Gasteiger partial charge in [0, 0.05) is 17.8 Å². The highest BCUT2D eigenvalue weighted by Gasteiger charge is 2.20. The zero-order valence-electron chi connectivity index (χ0n) is 13.7. The standard InChI is InChI=1S/C21H20N2O2/c24-19-14-8-7-11-17(19)15-22-20(16-9-3-1-4-10-16)21(25)23-18-12-5-2-6-13-18/h1-14,20,22,24H,15H2,(H,23,25)/t20-/m0/s1. The number of para-hydroxylation sites is 2. The first kappa shape index (κ1) is 16.7. The molecule has 0 aliphatic carbocycles. The third-order valence-electron chi connectivity index (χ3n) is 3.92. The number of hydrogen-bond acceptors (Lipinski definition) is 3. The van der Waals surface area contributed by atoms with Crippen LogP contribution in [0.5, 0.6) is 5.75 Å². The Balaban J connectivity index is 1.78. The van der Waals surface area contributed by atoms with Crippen LogP contribution in [-0.2, 0) is 11.3 Å². The highest BCUT2D eigenvalue weighted by molar-refractivity contribution is 5.95. The molecule has 25 heavy (non-hydrogen) atoms. The van der Waals surface area contributed by atoms with Gasteiger partial charge in [-0.05, 0) is 23.8 Å². The summed E-state index contributed by atoms with van der Waals surface area (Å²) in [5.74, 6) is 0.0677. The summed E-state index contributed by atoms with van der Waals surface area (Å²) in [5, 5.41) is 16.1. The van der Waals surface area contributed by atoms with Crippen LogP contribution in [0.3, 0.4) is 0 Å². The Hall–Kier alpha value is -3.11. The van der Waals surface area contributed by atoms with Crippen LogP contribution in [0.15, 0.2) is 84.9 Å². The molecule has 0 unspecified atom stereocenters. The highest BCUT2D eigenvalue weighted by atomic mass is 16.3. The molecule has 1 amide bonds. The number of aromatic hydroxyl groups is 1. The normalized spacial score (nSPS) is 11.7. The third kappa shape index (κ3) is 4.46. The number of hydrogen-bond donors (Lipinski definition) is 3. The van der Waals surface area contributed by atoms with E-state index in [0.717, 1.165) is 16.8 Å². The Morgan fingerprint density at radius 2 is 1.44 bits per heavy atom. The van der Waals surface area contributed by atoms with E-state index < -0.39 is 6.04 Å². The van der Waals surface area contributed by atoms with Crippen molar-refractivity contribution in [2.24, 2.45) is 0 Å². The largest absolute Gasteiger partial charge is 0.508 e. The van der Waals surface area contributed by atoms with Crippen LogP contribution in [0.2, 0.25) is 0 Å². The van der Waals surface area contributed by atoms with Gasteiger partial charge in [0.2, 0.25) is 5.91 Å². The van der Waals surface area contributed by atoms with Crippen molar-refractivity contribution in [3.8, 4) is 5.75 Å². The van der Waals surface area contributed by atoms with Gasteiger partial charge in [-0.2, -0.15) is 0 Å². The topological polar surface area (TPSA) is 61.4 Å². The zero-order chi connectivity index (χ0) is 17.5. The van der Waals surface area contributed by atoms with Crippen LogP contribution < -0.4 is 10.6 Å². The van der Waals surface area contributed by atoms with Crippen molar-refractivity contribution in [1.29, 1.82) is 0 Å². The van der Waals surface area contributed by atoms with Gasteiger partial charge in [0.1, 0.15) is 11.8 Å². The summed E-state index contributed by atoms with van der Waals surface area (Å²) in [5.41, 5.74) is 2.36. The molecule has 4 heteroatoms. The molecule has 3 aromatic carbocycles. The molecule has 3 aromatic rings. The maximum absolute atomic E-state index is 12.8. The van der Waals surface area contributed by atoms with E-state index in [0.29, 0.717) is 6.54 Å². The van der Waals surface area contributed by atoms with Gasteiger partial charge in [-0.15, -0.1) is 0 Å². The molecule has 1 atom stereocenters. The molecule has 0 saturated carbocycles. The second kappa shape index (κ2) is 8.13. The van der Waals surface area contributed by atoms with E-state index in [1.54, 1.807) is 12.1 Å². The van der Waals surface area contributed by atoms with Gasteiger partial charge in [0.15, 0.2) is 0 Å². The average molecular weight is 332 g/mol. The Bertz CT molecular complexity index is 820. The lowest BCUT2D eigenvalue weighted by Gasteiger charge is -2.19. The summed E-state index contributed by atoms with van der Waals surface area (Å²) >= 11 is 0. The van der Waals surface area contributed by atoms with Crippen LogP contribution in [0, 0.1) is 0 Å². The number of benzene rings is 3. The summed E-state index contributed by atoms with van der Waals surface area (Å²) < 4.78 is 0. The number of carbonyl (C=O) groups is 1. The van der Waals surface area contributed by atoms with Gasteiger partial charge in [0.05, 0.1) is 0 Å². The third-order valence-corrected chi connectivity index (χ3v) is 3.92. The fourth-order valence-corrected chi connectivity index (χ4v) is 2.62. The summed E-state index contributed by atoms with van der Waals surface area (Å²) in [6, 6.07) is 25.5. The Labute approximate surface area is 147 Å². The lowest BCUT2D eigenvalue weighted by molar-refractivity contribution is -0.118. The van der Waals surface area contributed by atoms with E-state index in [-0.39, 0.29) is 11.7 Å². The Morgan fingerprint density at radius 3 is 2.12 bits per heavy atom. The predicted octanol–water partition coefficient (Wildman–Crippen LogP) is 3.86. The van der Waals surface area contributed by atoms with E-state index in [1.165, 1.54) is 0 Å². The van der Waals surface area contributed by atoms with Crippen LogP contribution in [-0.4, -0.2) is 11.0 Å². The molecule has 0 bridgehead atoms. The second-order valence-electron chi connectivity index (χ2n) is 5.71. The van der Waals surface area contributed by atoms with E-state index in [4.69, 9.17) is 0 Å². The molecular weight excluding hydrogens is 312 g/mol. The van der Waals surface area contributed by atoms with Crippen LogP contribution >= 0.6 is 0 Å². The maximum Gasteiger partial charge on any atom is 0.246 e. The van der Waals surface area contributed by atoms with Gasteiger partial charge in [-0.1, -0.05) is 66.7 Å². The zero-order valence-corrected chi connectivity index (χ0v) is 13.7. The number of phenols is 1. The fraction of sp³-hybridized carbons (Fsp3) is 0.0952. The molecule has 126 valence electrons. The molecule has 0 radical (unpaired) electrons. The van der Waals surface area contributed by atoms with Crippen molar-refractivity contribution in [1.82, 2.24) is 5.32 Å². The maximum atomic E-state index is 12.8. The second-order valence-corrected chi connectivity index (χ2v) is 5.71. The van der Waals surface area contributed by atoms with Crippen molar-refractivity contribution in [3.63, 3.8) is 0 Å². The van der Waals surface area contributed by atoms with Crippen molar-refractivity contribution in [2.75, 3.05) is 5.32 Å². The molecule has 0 aromatic heterocycles. The number of nitrogens with one attached hydrogen (secondary N) is 2. The summed E-state index contributed by atoms with van der Waals surface area (Å²) in [4.78, 5) is 12.8. The first-order chi connectivity index (χ1) is 12.2. The lowest BCUT2D eigenvalue weighted by Crippen LogP contribution is -2.32. The first-order valence-corrected chi connectivity index (χ1v) is 8.15. The SMILES string of the molecule is O=C(Nc1ccccc1)[C@@H](NCc1ccccc1O)c1ccccc1. The molecule has 0 fully saturated rings. The van der Waals surface area contributed by atoms with Crippen LogP contribution in [0.25, 0.3) is 0 Å². The first-order valence-electron chi connectivity index (χ1n) is 8.15. The minimum Gasteiger partial charge on any atom is -0.508 e. The molecule has 3 N–H and O–H groups in total. The monoisotopic (exact) mass is 332 g/mol. The summed E-state index contributed by atoms with van der Waals surface area (Å²) in [6.45, 7) is 0.383. The highest BCUT2D eigenvalue weighted by Crippen LogP contribution is 2.20. The molecule has 0 aliphatic rings. The van der Waals surface area contributed by atoms with Crippen molar-refractivity contribution in [3.05, 3.63) is 96.1 Å². The van der Waals surface area contributed by atoms with Gasteiger partial charge >= 0.3 is 0 Å². The molecule has 4 nitrogen and oxygen atoms in total. The van der Waals surface area contributed by atoms with Crippen LogP contribution in [0.1, 0.15) is 17.2 Å². The van der Waals surface area contributed by atoms with E-state index in [2.05, 4.69) is 10.6 Å². The molecule has 0 spiro atoms. The van der Waals surface area contributed by atoms with Crippen LogP contribution in [0.4, 0.5) is 5.69 Å². The number of anilines is 1. The minimum absolute atomic E-state index is 0.146. The van der Waals surface area contributed by atoms with Gasteiger partial charge < -0.3 is 10.4 Å². The number of phenolic OH excluding ortho intramolecular Hbond substituents is 1. The predicted molar refractivity (Wildman–Crippen MR) is 99.2 cm³/mol. The Kier molecular flexibility index (Phi) is 5.44. The Morgan fingerprint density at radius 1 is 0.840 bits per heavy atom. The molecule has 3 rings (SSSR count). The number of amides is 1. The molecule has 0 heterocycles. The number of rotatable bonds is 6. The molecular formula is C21H20N2O2. The van der Waals surface area contributed by atoms with E-state index in [9.17, 15) is 9.90 Å². The molecule has 0 saturated heterocycles. The summed E-state index contributed by atoms with van der Waals surface area (Å²) in [7, 11) is 0. The van der Waals surface area contributed by atoms with Crippen molar-refractivity contribution in [2.45, 2.75) is 12.6 Å². The van der Waals surface area contributed by atoms with Gasteiger partial charge in [-0.25, -0.2) is 0 Å². The number of carbonyl (C=O) groups excluding carboxylic acids is 1. The average Bonchev–Trinajstić information content (AvgIpc) is 2.65. The van der Waals surface area contributed by atoms with Gasteiger partial charge in [-0.3, -0.25) is 10.1 Å². The lowest BCUT2D eigenvalue weighted by atomic mass is 10.1. The smallest absolute Gasteiger partial charge is 0.246 e. The van der Waals surface area contributed by atoms with Crippen molar-refractivity contribution >= 4 is 11.6 Å².